The highest BCUT2D eigenvalue weighted by atomic mass is 19.4. The van der Waals surface area contributed by atoms with E-state index < -0.39 is 18.1 Å². The molecule has 0 bridgehead atoms. The zero-order chi connectivity index (χ0) is 15.6. The predicted molar refractivity (Wildman–Crippen MR) is 64.4 cm³/mol. The molecule has 1 aliphatic rings. The number of nitrogens with one attached hydrogen (secondary N) is 1. The Balaban J connectivity index is 1.86. The van der Waals surface area contributed by atoms with E-state index >= 15 is 0 Å². The van der Waals surface area contributed by atoms with Crippen LogP contribution in [0.2, 0.25) is 0 Å². The number of carbonyl (C=O) groups is 2. The molecule has 1 saturated heterocycles. The molecule has 0 radical (unpaired) electrons. The van der Waals surface area contributed by atoms with Crippen LogP contribution >= 0.6 is 0 Å². The highest BCUT2D eigenvalue weighted by Crippen LogP contribution is 2.18. The number of hydrogen-bond donors (Lipinski definition) is 1. The summed E-state index contributed by atoms with van der Waals surface area (Å²) in [7, 11) is 0. The van der Waals surface area contributed by atoms with Gasteiger partial charge in [0.2, 0.25) is 0 Å². The van der Waals surface area contributed by atoms with E-state index in [0.717, 1.165) is 0 Å². The van der Waals surface area contributed by atoms with Crippen molar-refractivity contribution in [3.63, 3.8) is 0 Å². The van der Waals surface area contributed by atoms with E-state index in [4.69, 9.17) is 4.52 Å². The second kappa shape index (κ2) is 5.74. The minimum Gasteiger partial charge on any atom is -0.361 e. The van der Waals surface area contributed by atoms with Crippen LogP contribution < -0.4 is 5.32 Å². The first-order chi connectivity index (χ1) is 9.77. The van der Waals surface area contributed by atoms with Crippen molar-refractivity contribution in [2.45, 2.75) is 32.0 Å². The van der Waals surface area contributed by atoms with Crippen LogP contribution in [0.25, 0.3) is 0 Å². The molecular weight excluding hydrogens is 291 g/mol. The number of likely N-dealkylation sites (tertiary alicyclic amines) is 1. The third kappa shape index (κ3) is 3.73. The minimum atomic E-state index is -4.88. The summed E-state index contributed by atoms with van der Waals surface area (Å²) in [6.45, 7) is 2.17. The Morgan fingerprint density at radius 2 is 2.00 bits per heavy atom. The fourth-order valence-corrected chi connectivity index (χ4v) is 2.12. The van der Waals surface area contributed by atoms with Gasteiger partial charge in [-0.25, -0.2) is 0 Å². The molecule has 1 fully saturated rings. The number of piperidine rings is 1. The van der Waals surface area contributed by atoms with Crippen molar-refractivity contribution in [3.8, 4) is 0 Å². The van der Waals surface area contributed by atoms with Crippen molar-refractivity contribution in [1.29, 1.82) is 0 Å². The third-order valence-electron chi connectivity index (χ3n) is 3.22. The maximum atomic E-state index is 12.1. The van der Waals surface area contributed by atoms with Crippen LogP contribution in [0, 0.1) is 6.92 Å². The van der Waals surface area contributed by atoms with E-state index in [0.29, 0.717) is 5.76 Å². The number of nitrogens with zero attached hydrogens (tertiary/aromatic N) is 2. The molecule has 1 aromatic heterocycles. The summed E-state index contributed by atoms with van der Waals surface area (Å²) >= 11 is 0. The molecule has 2 rings (SSSR count). The number of halogens is 3. The molecule has 6 nitrogen and oxygen atoms in total. The number of rotatable bonds is 2. The SMILES string of the molecule is Cc1cc(C(=O)N2CCC(NC(=O)C(F)(F)F)CC2)no1. The van der Waals surface area contributed by atoms with Gasteiger partial charge in [-0.1, -0.05) is 5.16 Å². The molecule has 116 valence electrons. The molecule has 9 heteroatoms. The van der Waals surface area contributed by atoms with Crippen LogP contribution in [0.15, 0.2) is 10.6 Å². The standard InChI is InChI=1S/C12H14F3N3O3/c1-7-6-9(17-21-7)10(19)18-4-2-8(3-5-18)16-11(20)12(13,14)15/h6,8H,2-5H2,1H3,(H,16,20). The Hall–Kier alpha value is -2.06. The van der Waals surface area contributed by atoms with Crippen LogP contribution in [0.5, 0.6) is 0 Å². The average Bonchev–Trinajstić information content (AvgIpc) is 2.84. The van der Waals surface area contributed by atoms with Gasteiger partial charge in [0.15, 0.2) is 5.69 Å². The zero-order valence-electron chi connectivity index (χ0n) is 11.2. The molecule has 0 saturated carbocycles. The molecule has 1 aliphatic heterocycles. The number of aryl methyl sites for hydroxylation is 1. The fourth-order valence-electron chi connectivity index (χ4n) is 2.12. The molecular formula is C12H14F3N3O3. The van der Waals surface area contributed by atoms with Gasteiger partial charge in [-0.15, -0.1) is 0 Å². The summed E-state index contributed by atoms with van der Waals surface area (Å²) in [4.78, 5) is 24.4. The van der Waals surface area contributed by atoms with Crippen LogP contribution in [0.1, 0.15) is 29.1 Å². The molecule has 0 unspecified atom stereocenters. The summed E-state index contributed by atoms with van der Waals surface area (Å²) in [6, 6.07) is 0.919. The largest absolute Gasteiger partial charge is 0.471 e. The van der Waals surface area contributed by atoms with E-state index in [9.17, 15) is 22.8 Å². The van der Waals surface area contributed by atoms with Gasteiger partial charge in [0, 0.05) is 25.2 Å². The van der Waals surface area contributed by atoms with E-state index in [1.807, 2.05) is 5.32 Å². The third-order valence-corrected chi connectivity index (χ3v) is 3.22. The quantitative estimate of drug-likeness (QED) is 0.892. The Morgan fingerprint density at radius 3 is 2.48 bits per heavy atom. The maximum Gasteiger partial charge on any atom is 0.471 e. The summed E-state index contributed by atoms with van der Waals surface area (Å²) in [5.74, 6) is -1.77. The highest BCUT2D eigenvalue weighted by Gasteiger charge is 2.40. The van der Waals surface area contributed by atoms with Crippen LogP contribution in [0.3, 0.4) is 0 Å². The summed E-state index contributed by atoms with van der Waals surface area (Å²) < 4.78 is 41.2. The summed E-state index contributed by atoms with van der Waals surface area (Å²) in [5, 5.41) is 5.53. The highest BCUT2D eigenvalue weighted by molar-refractivity contribution is 5.92. The van der Waals surface area contributed by atoms with Crippen molar-refractivity contribution in [2.75, 3.05) is 13.1 Å². The molecule has 0 aliphatic carbocycles. The molecule has 0 atom stereocenters. The number of aromatic nitrogens is 1. The first kappa shape index (κ1) is 15.3. The number of amides is 2. The zero-order valence-corrected chi connectivity index (χ0v) is 11.2. The monoisotopic (exact) mass is 305 g/mol. The first-order valence-corrected chi connectivity index (χ1v) is 6.37. The van der Waals surface area contributed by atoms with Gasteiger partial charge in [-0.3, -0.25) is 9.59 Å². The fraction of sp³-hybridized carbons (Fsp3) is 0.583. The van der Waals surface area contributed by atoms with Crippen LogP contribution in [-0.2, 0) is 4.79 Å². The smallest absolute Gasteiger partial charge is 0.361 e. The van der Waals surface area contributed by atoms with Gasteiger partial charge in [-0.2, -0.15) is 13.2 Å². The molecule has 21 heavy (non-hydrogen) atoms. The Labute approximate surface area is 118 Å². The van der Waals surface area contributed by atoms with Gasteiger partial charge in [0.1, 0.15) is 5.76 Å². The summed E-state index contributed by atoms with van der Waals surface area (Å²) in [6.07, 6.45) is -4.35. The molecule has 2 heterocycles. The molecule has 0 spiro atoms. The van der Waals surface area contributed by atoms with Crippen LogP contribution in [0.4, 0.5) is 13.2 Å². The lowest BCUT2D eigenvalue weighted by Gasteiger charge is -2.32. The number of carbonyl (C=O) groups excluding carboxylic acids is 2. The van der Waals surface area contributed by atoms with Gasteiger partial charge in [-0.05, 0) is 19.8 Å². The summed E-state index contributed by atoms with van der Waals surface area (Å²) in [5.41, 5.74) is 0.172. The predicted octanol–water partition coefficient (Wildman–Crippen LogP) is 1.27. The van der Waals surface area contributed by atoms with Gasteiger partial charge in [0.25, 0.3) is 5.91 Å². The normalized spacial score (nSPS) is 16.9. The van der Waals surface area contributed by atoms with Crippen LogP contribution in [-0.4, -0.2) is 47.2 Å². The molecule has 2 amide bonds. The first-order valence-electron chi connectivity index (χ1n) is 6.37. The van der Waals surface area contributed by atoms with Crippen molar-refractivity contribution in [2.24, 2.45) is 0 Å². The molecule has 0 aromatic carbocycles. The topological polar surface area (TPSA) is 75.4 Å². The maximum absolute atomic E-state index is 12.1. The lowest BCUT2D eigenvalue weighted by molar-refractivity contribution is -0.174. The minimum absolute atomic E-state index is 0.172. The van der Waals surface area contributed by atoms with Crippen molar-refractivity contribution < 1.29 is 27.3 Å². The van der Waals surface area contributed by atoms with Gasteiger partial charge < -0.3 is 14.7 Å². The Bertz CT molecular complexity index is 533. The van der Waals surface area contributed by atoms with Crippen molar-refractivity contribution in [1.82, 2.24) is 15.4 Å². The second-order valence-electron chi connectivity index (χ2n) is 4.86. The molecule has 1 aromatic rings. The lowest BCUT2D eigenvalue weighted by atomic mass is 10.0. The average molecular weight is 305 g/mol. The van der Waals surface area contributed by atoms with Gasteiger partial charge >= 0.3 is 12.1 Å². The Kier molecular flexibility index (Phi) is 4.19. The molecule has 1 N–H and O–H groups in total. The van der Waals surface area contributed by atoms with Crippen molar-refractivity contribution >= 4 is 11.8 Å². The van der Waals surface area contributed by atoms with E-state index in [1.54, 1.807) is 6.92 Å². The van der Waals surface area contributed by atoms with E-state index in [1.165, 1.54) is 11.0 Å². The number of hydrogen-bond acceptors (Lipinski definition) is 4. The van der Waals surface area contributed by atoms with E-state index in [2.05, 4.69) is 5.16 Å². The number of alkyl halides is 3. The second-order valence-corrected chi connectivity index (χ2v) is 4.86. The van der Waals surface area contributed by atoms with Gasteiger partial charge in [0.05, 0.1) is 0 Å². The van der Waals surface area contributed by atoms with E-state index in [-0.39, 0.29) is 37.5 Å². The lowest BCUT2D eigenvalue weighted by Crippen LogP contribution is -2.49. The van der Waals surface area contributed by atoms with Crippen molar-refractivity contribution in [3.05, 3.63) is 17.5 Å². The Morgan fingerprint density at radius 1 is 1.38 bits per heavy atom.